The van der Waals surface area contributed by atoms with Crippen molar-refractivity contribution in [2.75, 3.05) is 5.43 Å². The highest BCUT2D eigenvalue weighted by atomic mass is 15.3. The van der Waals surface area contributed by atoms with Crippen LogP contribution in [0, 0.1) is 5.41 Å². The van der Waals surface area contributed by atoms with Gasteiger partial charge in [-0.3, -0.25) is 15.8 Å². The Morgan fingerprint density at radius 2 is 1.12 bits per heavy atom. The van der Waals surface area contributed by atoms with Crippen molar-refractivity contribution in [3.05, 3.63) is 151 Å². The quantitative estimate of drug-likeness (QED) is 0.134. The monoisotopic (exact) mass is 526 g/mol. The fourth-order valence-electron chi connectivity index (χ4n) is 5.54. The van der Waals surface area contributed by atoms with Crippen LogP contribution in [0.15, 0.2) is 151 Å². The third kappa shape index (κ3) is 4.62. The number of hydrazone groups is 1. The molecular formula is C37H26N4. The van der Waals surface area contributed by atoms with Crippen LogP contribution in [-0.4, -0.2) is 16.4 Å². The number of rotatable bonds is 5. The van der Waals surface area contributed by atoms with Crippen LogP contribution in [0.4, 0.5) is 5.69 Å². The van der Waals surface area contributed by atoms with Gasteiger partial charge in [0.2, 0.25) is 0 Å². The van der Waals surface area contributed by atoms with E-state index < -0.39 is 0 Å². The second-order valence-electron chi connectivity index (χ2n) is 9.98. The maximum absolute atomic E-state index is 8.45. The molecule has 4 nitrogen and oxygen atoms in total. The number of fused-ring (bicyclic) bond motifs is 2. The van der Waals surface area contributed by atoms with Crippen molar-refractivity contribution in [2.45, 2.75) is 0 Å². The minimum Gasteiger partial charge on any atom is -0.299 e. The van der Waals surface area contributed by atoms with Crippen molar-refractivity contribution in [1.29, 1.82) is 5.41 Å². The van der Waals surface area contributed by atoms with Gasteiger partial charge in [-0.15, -0.1) is 0 Å². The van der Waals surface area contributed by atoms with Crippen LogP contribution in [-0.2, 0) is 0 Å². The van der Waals surface area contributed by atoms with Gasteiger partial charge in [0, 0.05) is 18.0 Å². The summed E-state index contributed by atoms with van der Waals surface area (Å²) in [6, 6.07) is 40.2. The van der Waals surface area contributed by atoms with Gasteiger partial charge < -0.3 is 0 Å². The molecule has 0 aliphatic heterocycles. The first-order valence-electron chi connectivity index (χ1n) is 13.6. The lowest BCUT2D eigenvalue weighted by molar-refractivity contribution is 1.31. The van der Waals surface area contributed by atoms with Gasteiger partial charge in [0.05, 0.1) is 11.4 Å². The van der Waals surface area contributed by atoms with Crippen molar-refractivity contribution >= 4 is 44.2 Å². The van der Waals surface area contributed by atoms with Gasteiger partial charge in [0.25, 0.3) is 0 Å². The number of allylic oxidation sites excluding steroid dienone is 4. The highest BCUT2D eigenvalue weighted by molar-refractivity contribution is 6.51. The Morgan fingerprint density at radius 3 is 1.68 bits per heavy atom. The molecule has 4 heteroatoms. The fraction of sp³-hybridized carbons (Fsp3) is 0. The number of nitrogens with zero attached hydrogens (tertiary/aromatic N) is 2. The smallest absolute Gasteiger partial charge is 0.108 e. The van der Waals surface area contributed by atoms with E-state index in [1.165, 1.54) is 38.2 Å². The van der Waals surface area contributed by atoms with E-state index >= 15 is 0 Å². The average Bonchev–Trinajstić information content (AvgIpc) is 3.04. The first kappa shape index (κ1) is 24.4. The number of pyridine rings is 1. The molecule has 0 atom stereocenters. The predicted octanol–water partition coefficient (Wildman–Crippen LogP) is 9.16. The second kappa shape index (κ2) is 10.5. The lowest BCUT2D eigenvalue weighted by Crippen LogP contribution is -2.13. The average molecular weight is 527 g/mol. The molecule has 1 heterocycles. The first-order chi connectivity index (χ1) is 20.3. The molecule has 0 radical (unpaired) electrons. The molecule has 6 aromatic rings. The van der Waals surface area contributed by atoms with E-state index in [0.717, 1.165) is 22.4 Å². The molecule has 0 unspecified atom stereocenters. The Bertz CT molecular complexity index is 1950. The van der Waals surface area contributed by atoms with Crippen LogP contribution < -0.4 is 5.43 Å². The van der Waals surface area contributed by atoms with Crippen LogP contribution in [0.2, 0.25) is 0 Å². The second-order valence-corrected chi connectivity index (χ2v) is 9.98. The van der Waals surface area contributed by atoms with Gasteiger partial charge in [0.1, 0.15) is 5.71 Å². The number of benzene rings is 5. The maximum atomic E-state index is 8.45. The minimum absolute atomic E-state index is 0.354. The van der Waals surface area contributed by atoms with E-state index in [0.29, 0.717) is 11.4 Å². The molecule has 1 aliphatic carbocycles. The number of nitrogens with one attached hydrogen (secondary N) is 2. The molecular weight excluding hydrogens is 500 g/mol. The topological polar surface area (TPSA) is 61.1 Å². The number of aromatic nitrogens is 1. The van der Waals surface area contributed by atoms with Crippen molar-refractivity contribution < 1.29 is 0 Å². The summed E-state index contributed by atoms with van der Waals surface area (Å²) >= 11 is 0. The molecule has 41 heavy (non-hydrogen) atoms. The van der Waals surface area contributed by atoms with E-state index in [1.807, 2.05) is 42.5 Å². The summed E-state index contributed by atoms with van der Waals surface area (Å²) in [6.45, 7) is 0. The molecule has 1 aromatic heterocycles. The highest BCUT2D eigenvalue weighted by Gasteiger charge is 2.16. The van der Waals surface area contributed by atoms with Crippen LogP contribution in [0.5, 0.6) is 0 Å². The van der Waals surface area contributed by atoms with Crippen LogP contribution in [0.3, 0.4) is 0 Å². The molecule has 0 saturated heterocycles. The molecule has 0 fully saturated rings. The molecule has 0 amide bonds. The van der Waals surface area contributed by atoms with Crippen LogP contribution in [0.1, 0.15) is 5.56 Å². The van der Waals surface area contributed by atoms with Crippen molar-refractivity contribution in [3.63, 3.8) is 0 Å². The molecule has 194 valence electrons. The van der Waals surface area contributed by atoms with Gasteiger partial charge >= 0.3 is 0 Å². The summed E-state index contributed by atoms with van der Waals surface area (Å²) in [6.07, 6.45) is 9.18. The molecule has 1 aliphatic rings. The van der Waals surface area contributed by atoms with Crippen LogP contribution >= 0.6 is 0 Å². The van der Waals surface area contributed by atoms with Crippen molar-refractivity contribution in [3.8, 4) is 22.3 Å². The van der Waals surface area contributed by atoms with Crippen molar-refractivity contribution in [1.82, 2.24) is 4.98 Å². The van der Waals surface area contributed by atoms with Crippen molar-refractivity contribution in [2.24, 2.45) is 5.10 Å². The van der Waals surface area contributed by atoms with Gasteiger partial charge in [0.15, 0.2) is 0 Å². The van der Waals surface area contributed by atoms with Gasteiger partial charge in [-0.2, -0.15) is 5.10 Å². The maximum Gasteiger partial charge on any atom is 0.108 e. The molecule has 7 rings (SSSR count). The van der Waals surface area contributed by atoms with Gasteiger partial charge in [-0.25, -0.2) is 0 Å². The SMILES string of the molecule is N=C1C=C(c2cccnc2)C=C/C1=N/Nc1ccc(-c2c3ccccc3c(-c3ccccc3)c3ccccc23)cc1. The predicted molar refractivity (Wildman–Crippen MR) is 172 cm³/mol. The Morgan fingerprint density at radius 1 is 0.561 bits per heavy atom. The number of hydrogen-bond donors (Lipinski definition) is 2. The van der Waals surface area contributed by atoms with E-state index in [9.17, 15) is 0 Å². The zero-order valence-electron chi connectivity index (χ0n) is 22.3. The zero-order chi connectivity index (χ0) is 27.6. The van der Waals surface area contributed by atoms with Crippen LogP contribution in [0.25, 0.3) is 49.4 Å². The van der Waals surface area contributed by atoms with E-state index in [2.05, 4.69) is 107 Å². The molecule has 2 N–H and O–H groups in total. The summed E-state index contributed by atoms with van der Waals surface area (Å²) in [7, 11) is 0. The third-order valence-corrected chi connectivity index (χ3v) is 7.46. The summed E-state index contributed by atoms with van der Waals surface area (Å²) in [5.74, 6) is 0. The lowest BCUT2D eigenvalue weighted by Gasteiger charge is -2.17. The third-order valence-electron chi connectivity index (χ3n) is 7.46. The summed E-state index contributed by atoms with van der Waals surface area (Å²) in [5, 5.41) is 17.9. The Labute approximate surface area is 238 Å². The first-order valence-corrected chi connectivity index (χ1v) is 13.6. The molecule has 5 aromatic carbocycles. The van der Waals surface area contributed by atoms with E-state index in [4.69, 9.17) is 5.41 Å². The Hall–Kier alpha value is -5.61. The molecule has 0 bridgehead atoms. The highest BCUT2D eigenvalue weighted by Crippen LogP contribution is 2.43. The molecule has 0 saturated carbocycles. The lowest BCUT2D eigenvalue weighted by atomic mass is 9.86. The fourth-order valence-corrected chi connectivity index (χ4v) is 5.54. The normalized spacial score (nSPS) is 14.0. The Kier molecular flexibility index (Phi) is 6.26. The largest absolute Gasteiger partial charge is 0.299 e. The zero-order valence-corrected chi connectivity index (χ0v) is 22.3. The summed E-state index contributed by atoms with van der Waals surface area (Å²) in [4.78, 5) is 4.17. The van der Waals surface area contributed by atoms with Gasteiger partial charge in [-0.1, -0.05) is 103 Å². The summed E-state index contributed by atoms with van der Waals surface area (Å²) in [5.41, 5.74) is 11.7. The standard InChI is InChI=1S/C37H26N4/c38-34-23-27(28-11-8-22-39-24-28)18-21-35(34)41-40-29-19-16-26(17-20-29)37-32-14-6-4-12-30(32)36(25-9-2-1-3-10-25)31-13-5-7-15-33(31)37/h1-24,38,40H/b38-34?,41-35-. The Balaban J connectivity index is 1.23. The van der Waals surface area contributed by atoms with E-state index in [-0.39, 0.29) is 0 Å². The minimum atomic E-state index is 0.354. The van der Waals surface area contributed by atoms with E-state index in [1.54, 1.807) is 12.4 Å². The van der Waals surface area contributed by atoms with Gasteiger partial charge in [-0.05, 0) is 79.7 Å². The summed E-state index contributed by atoms with van der Waals surface area (Å²) < 4.78 is 0. The molecule has 0 spiro atoms. The number of hydrogen-bond acceptors (Lipinski definition) is 4. The number of anilines is 1.